The van der Waals surface area contributed by atoms with E-state index in [-0.39, 0.29) is 18.6 Å². The van der Waals surface area contributed by atoms with Crippen molar-refractivity contribution in [1.82, 2.24) is 4.90 Å². The second-order valence-corrected chi connectivity index (χ2v) is 4.74. The van der Waals surface area contributed by atoms with Crippen LogP contribution in [0.15, 0.2) is 24.3 Å². The van der Waals surface area contributed by atoms with E-state index in [1.54, 1.807) is 36.3 Å². The number of benzene rings is 1. The number of methoxy groups -OCH3 is 1. The number of carbonyl (C=O) groups excluding carboxylic acids is 1. The largest absolute Gasteiger partial charge is 0.484 e. The summed E-state index contributed by atoms with van der Waals surface area (Å²) in [7, 11) is 1.70. The highest BCUT2D eigenvalue weighted by Crippen LogP contribution is 2.14. The molecule has 0 saturated carbocycles. The summed E-state index contributed by atoms with van der Waals surface area (Å²) in [6, 6.07) is 8.77. The van der Waals surface area contributed by atoms with Crippen LogP contribution in [-0.2, 0) is 9.53 Å². The van der Waals surface area contributed by atoms with Gasteiger partial charge >= 0.3 is 0 Å². The Labute approximate surface area is 118 Å². The topological polar surface area (TPSA) is 62.6 Å². The van der Waals surface area contributed by atoms with Gasteiger partial charge in [-0.15, -0.1) is 0 Å². The number of nitriles is 1. The fourth-order valence-electron chi connectivity index (χ4n) is 2.20. The SMILES string of the molecule is COC1CCN(C(=O)COc2ccc(C#N)cc2)CC1. The van der Waals surface area contributed by atoms with E-state index in [1.165, 1.54) is 0 Å². The molecule has 0 bridgehead atoms. The van der Waals surface area contributed by atoms with E-state index in [2.05, 4.69) is 0 Å². The molecule has 5 nitrogen and oxygen atoms in total. The van der Waals surface area contributed by atoms with Crippen LogP contribution in [0.4, 0.5) is 0 Å². The maximum Gasteiger partial charge on any atom is 0.260 e. The van der Waals surface area contributed by atoms with Crippen molar-refractivity contribution in [3.63, 3.8) is 0 Å². The molecular weight excluding hydrogens is 256 g/mol. The molecule has 0 unspecified atom stereocenters. The smallest absolute Gasteiger partial charge is 0.260 e. The van der Waals surface area contributed by atoms with E-state index < -0.39 is 0 Å². The van der Waals surface area contributed by atoms with E-state index in [0.29, 0.717) is 24.4 Å². The van der Waals surface area contributed by atoms with Crippen molar-refractivity contribution in [3.8, 4) is 11.8 Å². The van der Waals surface area contributed by atoms with Gasteiger partial charge in [-0.1, -0.05) is 0 Å². The Balaban J connectivity index is 1.79. The molecule has 1 aliphatic rings. The van der Waals surface area contributed by atoms with Crippen LogP contribution < -0.4 is 4.74 Å². The predicted molar refractivity (Wildman–Crippen MR) is 73.3 cm³/mol. The third kappa shape index (κ3) is 3.72. The van der Waals surface area contributed by atoms with Gasteiger partial charge in [0.25, 0.3) is 5.91 Å². The molecule has 0 aliphatic carbocycles. The lowest BCUT2D eigenvalue weighted by Crippen LogP contribution is -2.42. The number of carbonyl (C=O) groups is 1. The molecule has 0 aromatic heterocycles. The maximum absolute atomic E-state index is 12.0. The van der Waals surface area contributed by atoms with E-state index in [9.17, 15) is 4.79 Å². The number of likely N-dealkylation sites (tertiary alicyclic amines) is 1. The molecule has 0 N–H and O–H groups in total. The van der Waals surface area contributed by atoms with Crippen LogP contribution in [0, 0.1) is 11.3 Å². The van der Waals surface area contributed by atoms with Gasteiger partial charge < -0.3 is 14.4 Å². The lowest BCUT2D eigenvalue weighted by molar-refractivity contribution is -0.135. The molecule has 1 fully saturated rings. The van der Waals surface area contributed by atoms with E-state index in [4.69, 9.17) is 14.7 Å². The molecule has 1 aromatic rings. The first-order valence-electron chi connectivity index (χ1n) is 6.66. The van der Waals surface area contributed by atoms with Gasteiger partial charge in [0.1, 0.15) is 5.75 Å². The zero-order chi connectivity index (χ0) is 14.4. The number of hydrogen-bond donors (Lipinski definition) is 0. The number of piperidine rings is 1. The van der Waals surface area contributed by atoms with Crippen molar-refractivity contribution in [2.24, 2.45) is 0 Å². The van der Waals surface area contributed by atoms with Gasteiger partial charge in [0, 0.05) is 20.2 Å². The summed E-state index contributed by atoms with van der Waals surface area (Å²) in [5.74, 6) is 0.591. The van der Waals surface area contributed by atoms with Crippen LogP contribution in [-0.4, -0.2) is 43.7 Å². The molecule has 0 radical (unpaired) electrons. The average Bonchev–Trinajstić information content (AvgIpc) is 2.53. The molecule has 1 aromatic carbocycles. The van der Waals surface area contributed by atoms with Crippen molar-refractivity contribution in [1.29, 1.82) is 5.26 Å². The summed E-state index contributed by atoms with van der Waals surface area (Å²) in [5.41, 5.74) is 0.574. The summed E-state index contributed by atoms with van der Waals surface area (Å²) in [5, 5.41) is 8.70. The first kappa shape index (κ1) is 14.4. The number of hydrogen-bond acceptors (Lipinski definition) is 4. The predicted octanol–water partition coefficient (Wildman–Crippen LogP) is 1.57. The third-order valence-corrected chi connectivity index (χ3v) is 3.47. The second kappa shape index (κ2) is 6.92. The summed E-state index contributed by atoms with van der Waals surface area (Å²) in [6.45, 7) is 1.46. The minimum atomic E-state index is -0.0103. The van der Waals surface area contributed by atoms with Gasteiger partial charge in [-0.05, 0) is 37.1 Å². The molecule has 1 aliphatic heterocycles. The minimum absolute atomic E-state index is 0.0103. The van der Waals surface area contributed by atoms with Crippen LogP contribution in [0.1, 0.15) is 18.4 Å². The molecule has 5 heteroatoms. The summed E-state index contributed by atoms with van der Waals surface area (Å²) >= 11 is 0. The second-order valence-electron chi connectivity index (χ2n) is 4.74. The zero-order valence-corrected chi connectivity index (χ0v) is 11.5. The van der Waals surface area contributed by atoms with Crippen molar-refractivity contribution in [3.05, 3.63) is 29.8 Å². The Morgan fingerprint density at radius 3 is 2.55 bits per heavy atom. The Kier molecular flexibility index (Phi) is 4.97. The highest BCUT2D eigenvalue weighted by Gasteiger charge is 2.22. The van der Waals surface area contributed by atoms with Gasteiger partial charge in [0.05, 0.1) is 17.7 Å². The van der Waals surface area contributed by atoms with E-state index >= 15 is 0 Å². The van der Waals surface area contributed by atoms with Gasteiger partial charge in [-0.3, -0.25) is 4.79 Å². The molecule has 0 spiro atoms. The van der Waals surface area contributed by atoms with Gasteiger partial charge in [0.2, 0.25) is 0 Å². The first-order chi connectivity index (χ1) is 9.72. The Morgan fingerprint density at radius 2 is 2.00 bits per heavy atom. The average molecular weight is 274 g/mol. The molecule has 106 valence electrons. The van der Waals surface area contributed by atoms with Crippen molar-refractivity contribution >= 4 is 5.91 Å². The highest BCUT2D eigenvalue weighted by molar-refractivity contribution is 5.77. The standard InChI is InChI=1S/C15H18N2O3/c1-19-13-6-8-17(9-7-13)15(18)11-20-14-4-2-12(10-16)3-5-14/h2-5,13H,6-9,11H2,1H3. The summed E-state index contributed by atoms with van der Waals surface area (Å²) in [6.07, 6.45) is 2.01. The highest BCUT2D eigenvalue weighted by atomic mass is 16.5. The van der Waals surface area contributed by atoms with Crippen LogP contribution >= 0.6 is 0 Å². The van der Waals surface area contributed by atoms with Crippen molar-refractivity contribution < 1.29 is 14.3 Å². The third-order valence-electron chi connectivity index (χ3n) is 3.47. The Morgan fingerprint density at radius 1 is 1.35 bits per heavy atom. The lowest BCUT2D eigenvalue weighted by atomic mass is 10.1. The molecule has 2 rings (SSSR count). The van der Waals surface area contributed by atoms with Crippen molar-refractivity contribution in [2.75, 3.05) is 26.8 Å². The number of rotatable bonds is 4. The fourth-order valence-corrected chi connectivity index (χ4v) is 2.20. The molecule has 1 amide bonds. The van der Waals surface area contributed by atoms with Crippen LogP contribution in [0.3, 0.4) is 0 Å². The molecule has 1 heterocycles. The Hall–Kier alpha value is -2.06. The zero-order valence-electron chi connectivity index (χ0n) is 11.5. The van der Waals surface area contributed by atoms with Gasteiger partial charge in [-0.2, -0.15) is 5.26 Å². The molecule has 1 saturated heterocycles. The number of ether oxygens (including phenoxy) is 2. The van der Waals surface area contributed by atoms with Gasteiger partial charge in [-0.25, -0.2) is 0 Å². The van der Waals surface area contributed by atoms with E-state index in [0.717, 1.165) is 12.8 Å². The minimum Gasteiger partial charge on any atom is -0.484 e. The van der Waals surface area contributed by atoms with Crippen molar-refractivity contribution in [2.45, 2.75) is 18.9 Å². The molecule has 0 atom stereocenters. The monoisotopic (exact) mass is 274 g/mol. The molecular formula is C15H18N2O3. The number of nitrogens with zero attached hydrogens (tertiary/aromatic N) is 2. The number of amides is 1. The molecule has 20 heavy (non-hydrogen) atoms. The lowest BCUT2D eigenvalue weighted by Gasteiger charge is -2.31. The maximum atomic E-state index is 12.0. The quantitative estimate of drug-likeness (QED) is 0.836. The van der Waals surface area contributed by atoms with Crippen LogP contribution in [0.25, 0.3) is 0 Å². The van der Waals surface area contributed by atoms with Gasteiger partial charge in [0.15, 0.2) is 6.61 Å². The van der Waals surface area contributed by atoms with E-state index in [1.807, 2.05) is 6.07 Å². The summed E-state index contributed by atoms with van der Waals surface area (Å²) in [4.78, 5) is 13.8. The normalized spacial score (nSPS) is 15.7. The van der Waals surface area contributed by atoms with Crippen LogP contribution in [0.2, 0.25) is 0 Å². The summed E-state index contributed by atoms with van der Waals surface area (Å²) < 4.78 is 10.7. The first-order valence-corrected chi connectivity index (χ1v) is 6.66. The Bertz CT molecular complexity index is 485. The fraction of sp³-hybridized carbons (Fsp3) is 0.467. The van der Waals surface area contributed by atoms with Crippen LogP contribution in [0.5, 0.6) is 5.75 Å².